The third-order valence-electron chi connectivity index (χ3n) is 3.90. The van der Waals surface area contributed by atoms with Crippen LogP contribution in [0, 0.1) is 13.8 Å². The first kappa shape index (κ1) is 21.2. The van der Waals surface area contributed by atoms with Gasteiger partial charge in [-0.3, -0.25) is 9.59 Å². The van der Waals surface area contributed by atoms with Crippen molar-refractivity contribution in [2.45, 2.75) is 32.5 Å². The molecule has 148 valence electrons. The average molecular weight is 390 g/mol. The van der Waals surface area contributed by atoms with Crippen LogP contribution in [0.3, 0.4) is 0 Å². The molecule has 0 radical (unpaired) electrons. The lowest BCUT2D eigenvalue weighted by Crippen LogP contribution is -2.40. The Kier molecular flexibility index (Phi) is 6.98. The quantitative estimate of drug-likeness (QED) is 0.701. The monoisotopic (exact) mass is 390 g/mol. The Balaban J connectivity index is 2.15. The minimum Gasteiger partial charge on any atom is -0.379 e. The van der Waals surface area contributed by atoms with Gasteiger partial charge in [0.05, 0.1) is 0 Å². The molecule has 2 rings (SSSR count). The smallest absolute Gasteiger partial charge is 0.379 e. The van der Waals surface area contributed by atoms with Gasteiger partial charge in [0, 0.05) is 24.4 Å². The first-order chi connectivity index (χ1) is 13.1. The second kappa shape index (κ2) is 9.21. The van der Waals surface area contributed by atoms with Crippen LogP contribution in [0.4, 0.5) is 18.9 Å². The molecular formula is C21H21F3N2O2. The molecule has 0 aliphatic heterocycles. The van der Waals surface area contributed by atoms with Gasteiger partial charge in [0.15, 0.2) is 0 Å². The molecule has 0 aromatic heterocycles. The summed E-state index contributed by atoms with van der Waals surface area (Å²) in [4.78, 5) is 23.7. The fraction of sp³-hybridized carbons (Fsp3) is 0.238. The van der Waals surface area contributed by atoms with Gasteiger partial charge in [-0.25, -0.2) is 0 Å². The van der Waals surface area contributed by atoms with Crippen LogP contribution < -0.4 is 10.6 Å². The normalized spacial score (nSPS) is 12.6. The molecule has 2 aromatic rings. The van der Waals surface area contributed by atoms with E-state index < -0.39 is 23.9 Å². The molecule has 4 nitrogen and oxygen atoms in total. The molecule has 1 atom stereocenters. The molecule has 0 saturated heterocycles. The Morgan fingerprint density at radius 2 is 1.64 bits per heavy atom. The van der Waals surface area contributed by atoms with Crippen molar-refractivity contribution in [1.29, 1.82) is 0 Å². The Morgan fingerprint density at radius 1 is 1.04 bits per heavy atom. The van der Waals surface area contributed by atoms with Crippen LogP contribution in [0.15, 0.2) is 60.8 Å². The largest absolute Gasteiger partial charge is 0.454 e. The number of alkyl halides is 3. The lowest BCUT2D eigenvalue weighted by Gasteiger charge is -2.18. The molecule has 0 fully saturated rings. The van der Waals surface area contributed by atoms with E-state index in [1.807, 2.05) is 38.1 Å². The number of anilines is 1. The number of ketones is 1. The number of carbonyl (C=O) groups excluding carboxylic acids is 2. The number of hydrogen-bond donors (Lipinski definition) is 2. The van der Waals surface area contributed by atoms with E-state index in [4.69, 9.17) is 0 Å². The summed E-state index contributed by atoms with van der Waals surface area (Å²) in [6.07, 6.45) is -3.47. The van der Waals surface area contributed by atoms with E-state index in [9.17, 15) is 22.8 Å². The Labute approximate surface area is 161 Å². The van der Waals surface area contributed by atoms with Gasteiger partial charge >= 0.3 is 6.18 Å². The van der Waals surface area contributed by atoms with Crippen molar-refractivity contribution in [3.05, 3.63) is 77.5 Å². The van der Waals surface area contributed by atoms with Crippen LogP contribution in [0.2, 0.25) is 0 Å². The maximum absolute atomic E-state index is 12.7. The molecule has 0 saturated carbocycles. The topological polar surface area (TPSA) is 58.2 Å². The summed E-state index contributed by atoms with van der Waals surface area (Å²) in [5.41, 5.74) is 3.36. The van der Waals surface area contributed by atoms with Gasteiger partial charge in [0.1, 0.15) is 6.04 Å². The number of aryl methyl sites for hydroxylation is 2. The predicted octanol–water partition coefficient (Wildman–Crippen LogP) is 4.09. The van der Waals surface area contributed by atoms with Crippen LogP contribution in [0.25, 0.3) is 0 Å². The summed E-state index contributed by atoms with van der Waals surface area (Å²) in [7, 11) is 0. The third-order valence-corrected chi connectivity index (χ3v) is 3.90. The summed E-state index contributed by atoms with van der Waals surface area (Å²) in [6.45, 7) is 3.79. The summed E-state index contributed by atoms with van der Waals surface area (Å²) < 4.78 is 37.0. The molecule has 0 heterocycles. The number of benzene rings is 2. The fourth-order valence-electron chi connectivity index (χ4n) is 2.69. The maximum Gasteiger partial charge on any atom is 0.454 e. The summed E-state index contributed by atoms with van der Waals surface area (Å²) in [5, 5.41) is 5.38. The maximum atomic E-state index is 12.7. The number of halogens is 3. The first-order valence-corrected chi connectivity index (χ1v) is 8.62. The minimum atomic E-state index is -4.95. The minimum absolute atomic E-state index is 0.238. The van der Waals surface area contributed by atoms with Crippen molar-refractivity contribution in [2.24, 2.45) is 0 Å². The third kappa shape index (κ3) is 6.57. The highest BCUT2D eigenvalue weighted by Crippen LogP contribution is 2.17. The second-order valence-corrected chi connectivity index (χ2v) is 6.47. The van der Waals surface area contributed by atoms with E-state index in [0.29, 0.717) is 11.8 Å². The molecule has 0 aliphatic rings. The summed E-state index contributed by atoms with van der Waals surface area (Å²) in [5.74, 6) is -2.41. The van der Waals surface area contributed by atoms with E-state index in [1.54, 1.807) is 24.3 Å². The zero-order valence-electron chi connectivity index (χ0n) is 15.5. The average Bonchev–Trinajstić information content (AvgIpc) is 2.59. The molecule has 0 aliphatic carbocycles. The standard InChI is InChI=1S/C21H21F3N2O2/c1-14-10-15(2)12-17(11-14)26-20(28)18(13-16-6-4-3-5-7-16)25-9-8-19(27)21(22,23)24/h3-12,18,25H,13H2,1-2H3,(H,26,28)/b9-8+. The Bertz CT molecular complexity index is 841. The van der Waals surface area contributed by atoms with Crippen molar-refractivity contribution >= 4 is 17.4 Å². The van der Waals surface area contributed by atoms with Gasteiger partial charge in [-0.2, -0.15) is 13.2 Å². The van der Waals surface area contributed by atoms with E-state index in [0.717, 1.165) is 22.9 Å². The molecule has 2 aromatic carbocycles. The lowest BCUT2D eigenvalue weighted by molar-refractivity contribution is -0.165. The molecular weight excluding hydrogens is 369 g/mol. The number of carbonyl (C=O) groups is 2. The zero-order valence-corrected chi connectivity index (χ0v) is 15.5. The predicted molar refractivity (Wildman–Crippen MR) is 102 cm³/mol. The number of amides is 1. The van der Waals surface area contributed by atoms with Crippen molar-refractivity contribution in [2.75, 3.05) is 5.32 Å². The van der Waals surface area contributed by atoms with Gasteiger partial charge in [-0.15, -0.1) is 0 Å². The second-order valence-electron chi connectivity index (χ2n) is 6.47. The number of rotatable bonds is 7. The zero-order chi connectivity index (χ0) is 20.7. The highest BCUT2D eigenvalue weighted by atomic mass is 19.4. The van der Waals surface area contributed by atoms with E-state index in [-0.39, 0.29) is 6.42 Å². The van der Waals surface area contributed by atoms with Gasteiger partial charge < -0.3 is 10.6 Å². The number of hydrogen-bond acceptors (Lipinski definition) is 3. The first-order valence-electron chi connectivity index (χ1n) is 8.62. The van der Waals surface area contributed by atoms with E-state index >= 15 is 0 Å². The highest BCUT2D eigenvalue weighted by molar-refractivity contribution is 5.96. The van der Waals surface area contributed by atoms with Gasteiger partial charge in [0.25, 0.3) is 5.78 Å². The van der Waals surface area contributed by atoms with E-state index in [2.05, 4.69) is 10.6 Å². The van der Waals surface area contributed by atoms with Crippen molar-refractivity contribution in [3.63, 3.8) is 0 Å². The molecule has 1 amide bonds. The summed E-state index contributed by atoms with van der Waals surface area (Å²) >= 11 is 0. The number of nitrogens with one attached hydrogen (secondary N) is 2. The van der Waals surface area contributed by atoms with Crippen LogP contribution in [-0.2, 0) is 16.0 Å². The SMILES string of the molecule is Cc1cc(C)cc(NC(=O)C(Cc2ccccc2)N/C=C/C(=O)C(F)(F)F)c1. The van der Waals surface area contributed by atoms with Gasteiger partial charge in [-0.05, 0) is 42.7 Å². The van der Waals surface area contributed by atoms with E-state index in [1.165, 1.54) is 0 Å². The Morgan fingerprint density at radius 3 is 2.21 bits per heavy atom. The van der Waals surface area contributed by atoms with Crippen molar-refractivity contribution in [3.8, 4) is 0 Å². The Hall–Kier alpha value is -3.09. The van der Waals surface area contributed by atoms with Crippen LogP contribution in [0.1, 0.15) is 16.7 Å². The fourth-order valence-corrected chi connectivity index (χ4v) is 2.69. The molecule has 28 heavy (non-hydrogen) atoms. The van der Waals surface area contributed by atoms with Crippen molar-refractivity contribution in [1.82, 2.24) is 5.32 Å². The van der Waals surface area contributed by atoms with Crippen LogP contribution in [0.5, 0.6) is 0 Å². The highest BCUT2D eigenvalue weighted by Gasteiger charge is 2.36. The van der Waals surface area contributed by atoms with Crippen molar-refractivity contribution < 1.29 is 22.8 Å². The molecule has 2 N–H and O–H groups in total. The number of allylic oxidation sites excluding steroid dienone is 1. The van der Waals surface area contributed by atoms with Crippen LogP contribution >= 0.6 is 0 Å². The molecule has 0 bridgehead atoms. The van der Waals surface area contributed by atoms with Gasteiger partial charge in [-0.1, -0.05) is 36.4 Å². The molecule has 1 unspecified atom stereocenters. The molecule has 0 spiro atoms. The van der Waals surface area contributed by atoms with Gasteiger partial charge in [0.2, 0.25) is 5.91 Å². The molecule has 7 heteroatoms. The summed E-state index contributed by atoms with van der Waals surface area (Å²) in [6, 6.07) is 13.7. The lowest BCUT2D eigenvalue weighted by atomic mass is 10.0. The van der Waals surface area contributed by atoms with Crippen LogP contribution in [-0.4, -0.2) is 23.9 Å².